The Kier molecular flexibility index (Phi) is 13.1. The van der Waals surface area contributed by atoms with E-state index in [1.807, 2.05) is 47.6 Å². The Balaban J connectivity index is 2.30. The van der Waals surface area contributed by atoms with Gasteiger partial charge in [0.15, 0.2) is 0 Å². The minimum absolute atomic E-state index is 0.0377. The molecule has 40 heavy (non-hydrogen) atoms. The number of ether oxygens (including phenoxy) is 2. The SMILES string of the molecule is CCC(=O)C(C)C(O)C(C)/C=C(\C)CC(C)C1OC(=O)CC2=C(CC)C(=O)C(C)(C/C(C)=C/[I-]CC(O)C1C)O2. The van der Waals surface area contributed by atoms with Crippen LogP contribution in [0.3, 0.4) is 0 Å². The van der Waals surface area contributed by atoms with Gasteiger partial charge in [0, 0.05) is 6.42 Å². The number of hydrogen-bond donors (Lipinski definition) is 2. The van der Waals surface area contributed by atoms with Crippen LogP contribution < -0.4 is 21.2 Å². The van der Waals surface area contributed by atoms with E-state index in [4.69, 9.17) is 9.47 Å². The van der Waals surface area contributed by atoms with Crippen molar-refractivity contribution in [2.24, 2.45) is 23.7 Å². The van der Waals surface area contributed by atoms with E-state index in [0.29, 0.717) is 41.4 Å². The van der Waals surface area contributed by atoms with Crippen LogP contribution in [-0.2, 0) is 23.9 Å². The molecule has 2 aliphatic heterocycles. The summed E-state index contributed by atoms with van der Waals surface area (Å²) in [5.74, 6) is -1.14. The quantitative estimate of drug-likeness (QED) is 0.167. The molecule has 2 rings (SSSR count). The zero-order chi connectivity index (χ0) is 30.4. The summed E-state index contributed by atoms with van der Waals surface area (Å²) in [6.07, 6.45) is 1.88. The number of carbonyl (C=O) groups is 3. The van der Waals surface area contributed by atoms with Crippen molar-refractivity contribution in [2.75, 3.05) is 4.43 Å². The fourth-order valence-electron chi connectivity index (χ4n) is 5.91. The Morgan fingerprint density at radius 3 is 2.50 bits per heavy atom. The van der Waals surface area contributed by atoms with Crippen LogP contribution in [0.15, 0.2) is 32.6 Å². The molecular weight excluding hydrogens is 623 g/mol. The first kappa shape index (κ1) is 34.7. The first-order valence-corrected chi connectivity index (χ1v) is 17.4. The number of cyclic esters (lactones) is 1. The number of esters is 1. The molecule has 7 nitrogen and oxygen atoms in total. The van der Waals surface area contributed by atoms with Crippen LogP contribution in [0, 0.1) is 23.7 Å². The predicted molar refractivity (Wildman–Crippen MR) is 152 cm³/mol. The average molecular weight is 674 g/mol. The number of allylic oxidation sites excluding steroid dienone is 1. The van der Waals surface area contributed by atoms with Gasteiger partial charge in [-0.15, -0.1) is 0 Å². The molecule has 0 spiro atoms. The first-order valence-electron chi connectivity index (χ1n) is 14.6. The molecule has 8 heteroatoms. The summed E-state index contributed by atoms with van der Waals surface area (Å²) >= 11 is -0.469. The molecule has 0 saturated heterocycles. The van der Waals surface area contributed by atoms with Gasteiger partial charge >= 0.3 is 234 Å². The zero-order valence-corrected chi connectivity index (χ0v) is 27.9. The summed E-state index contributed by atoms with van der Waals surface area (Å²) in [6, 6.07) is 0. The summed E-state index contributed by atoms with van der Waals surface area (Å²) in [6.45, 7) is 17.1. The summed E-state index contributed by atoms with van der Waals surface area (Å²) < 4.78 is 15.0. The van der Waals surface area contributed by atoms with E-state index in [1.165, 1.54) is 0 Å². The number of carbonyl (C=O) groups excluding carboxylic acids is 3. The van der Waals surface area contributed by atoms with E-state index < -0.39 is 57.0 Å². The third-order valence-electron chi connectivity index (χ3n) is 8.28. The van der Waals surface area contributed by atoms with Crippen molar-refractivity contribution in [2.45, 2.75) is 118 Å². The van der Waals surface area contributed by atoms with Gasteiger partial charge < -0.3 is 0 Å². The normalized spacial score (nSPS) is 31.5. The number of halogens is 1. The molecule has 2 bridgehead atoms. The monoisotopic (exact) mass is 673 g/mol. The average Bonchev–Trinajstić information content (AvgIpc) is 3.11. The maximum absolute atomic E-state index is 13.3. The molecule has 0 radical (unpaired) electrons. The number of rotatable bonds is 9. The van der Waals surface area contributed by atoms with E-state index in [1.54, 1.807) is 20.8 Å². The van der Waals surface area contributed by atoms with Crippen molar-refractivity contribution in [3.8, 4) is 0 Å². The Morgan fingerprint density at radius 2 is 1.90 bits per heavy atom. The number of aliphatic hydroxyl groups is 2. The fourth-order valence-corrected chi connectivity index (χ4v) is 8.46. The number of Topliss-reactive ketones (excluding diaryl/α,β-unsaturated/α-hetero) is 2. The first-order chi connectivity index (χ1) is 18.6. The number of fused-ring (bicyclic) bond motifs is 2. The summed E-state index contributed by atoms with van der Waals surface area (Å²) in [4.78, 5) is 38.6. The van der Waals surface area contributed by atoms with Crippen LogP contribution >= 0.6 is 0 Å². The second-order valence-corrected chi connectivity index (χ2v) is 14.5. The second kappa shape index (κ2) is 15.1. The van der Waals surface area contributed by atoms with Crippen molar-refractivity contribution < 1.29 is 55.3 Å². The van der Waals surface area contributed by atoms with Crippen LogP contribution in [0.2, 0.25) is 0 Å². The number of alkyl halides is 1. The fraction of sp³-hybridized carbons (Fsp3) is 0.719. The van der Waals surface area contributed by atoms with Crippen molar-refractivity contribution in [3.05, 3.63) is 32.6 Å². The van der Waals surface area contributed by atoms with Gasteiger partial charge in [-0.05, 0) is 0 Å². The Hall–Kier alpha value is -1.52. The summed E-state index contributed by atoms with van der Waals surface area (Å²) in [5, 5.41) is 21.8. The molecule has 2 N–H and O–H groups in total. The molecule has 0 fully saturated rings. The van der Waals surface area contributed by atoms with E-state index in [9.17, 15) is 24.6 Å². The molecule has 0 aromatic heterocycles. The molecule has 2 heterocycles. The Bertz CT molecular complexity index is 1030. The van der Waals surface area contributed by atoms with Gasteiger partial charge in [-0.3, -0.25) is 4.79 Å². The topological polar surface area (TPSA) is 110 Å². The zero-order valence-electron chi connectivity index (χ0n) is 25.8. The summed E-state index contributed by atoms with van der Waals surface area (Å²) in [7, 11) is 0. The van der Waals surface area contributed by atoms with E-state index in [-0.39, 0.29) is 35.7 Å². The van der Waals surface area contributed by atoms with Gasteiger partial charge in [-0.25, -0.2) is 0 Å². The van der Waals surface area contributed by atoms with Crippen LogP contribution in [0.25, 0.3) is 0 Å². The Morgan fingerprint density at radius 1 is 1.25 bits per heavy atom. The van der Waals surface area contributed by atoms with Crippen LogP contribution in [-0.4, -0.2) is 56.1 Å². The predicted octanol–water partition coefficient (Wildman–Crippen LogP) is 2.29. The van der Waals surface area contributed by atoms with Crippen LogP contribution in [0.4, 0.5) is 0 Å². The van der Waals surface area contributed by atoms with E-state index in [0.717, 1.165) is 11.1 Å². The van der Waals surface area contributed by atoms with E-state index in [2.05, 4.69) is 4.08 Å². The molecule has 0 amide bonds. The van der Waals surface area contributed by atoms with Crippen LogP contribution in [0.5, 0.6) is 0 Å². The van der Waals surface area contributed by atoms with Gasteiger partial charge in [-0.1, -0.05) is 6.92 Å². The number of hydrogen-bond acceptors (Lipinski definition) is 7. The van der Waals surface area contributed by atoms with Crippen molar-refractivity contribution in [1.82, 2.24) is 0 Å². The second-order valence-electron chi connectivity index (χ2n) is 12.1. The molecule has 0 aromatic rings. The van der Waals surface area contributed by atoms with Crippen molar-refractivity contribution in [1.29, 1.82) is 0 Å². The third kappa shape index (κ3) is 8.74. The van der Waals surface area contributed by atoms with Crippen molar-refractivity contribution in [3.63, 3.8) is 0 Å². The molecule has 8 atom stereocenters. The number of aliphatic hydroxyl groups excluding tert-OH is 2. The molecule has 0 aliphatic carbocycles. The van der Waals surface area contributed by atoms with Gasteiger partial charge in [-0.2, -0.15) is 0 Å². The molecule has 2 aliphatic rings. The molecule has 8 unspecified atom stereocenters. The van der Waals surface area contributed by atoms with E-state index >= 15 is 0 Å². The molecular formula is C32H50IO7-. The molecule has 228 valence electrons. The van der Waals surface area contributed by atoms with Gasteiger partial charge in [0.05, 0.1) is 0 Å². The van der Waals surface area contributed by atoms with Gasteiger partial charge in [0.1, 0.15) is 0 Å². The van der Waals surface area contributed by atoms with Crippen LogP contribution in [0.1, 0.15) is 94.4 Å². The maximum atomic E-state index is 13.3. The minimum atomic E-state index is -1.02. The number of ketones is 2. The standard InChI is InChI=1S/C32H50IO7/c1-10-24-27-14-28(36)39-30(21(6)13-18(3)12-20(5)29(37)22(7)25(34)11-2)23(8)26(35)17-33-16-19(4)15-32(9,40-27)31(24)38/h12,16,20-23,26,29-30,35,37H,10-11,13-15,17H2,1-9H3/q-1/b18-12+,19-16+. The third-order valence-corrected chi connectivity index (χ3v) is 11.2. The van der Waals surface area contributed by atoms with Gasteiger partial charge in [0.2, 0.25) is 0 Å². The Labute approximate surface area is 251 Å². The molecule has 0 saturated carbocycles. The summed E-state index contributed by atoms with van der Waals surface area (Å²) in [5.41, 5.74) is 1.62. The molecule has 0 aromatic carbocycles. The van der Waals surface area contributed by atoms with Crippen molar-refractivity contribution >= 4 is 17.5 Å². The van der Waals surface area contributed by atoms with Gasteiger partial charge in [0.25, 0.3) is 0 Å².